The van der Waals surface area contributed by atoms with Crippen molar-refractivity contribution in [1.29, 1.82) is 0 Å². The summed E-state index contributed by atoms with van der Waals surface area (Å²) >= 11 is 0. The Morgan fingerprint density at radius 1 is 1.14 bits per heavy atom. The summed E-state index contributed by atoms with van der Waals surface area (Å²) in [6, 6.07) is 6.30. The Kier molecular flexibility index (Phi) is 5.77. The number of ether oxygens (including phenoxy) is 1. The van der Waals surface area contributed by atoms with Gasteiger partial charge < -0.3 is 20.1 Å². The van der Waals surface area contributed by atoms with E-state index in [1.807, 2.05) is 4.90 Å². The zero-order valence-electron chi connectivity index (χ0n) is 15.6. The monoisotopic (exact) mass is 386 g/mol. The second kappa shape index (κ2) is 8.24. The summed E-state index contributed by atoms with van der Waals surface area (Å²) in [5.41, 5.74) is 0.562. The van der Waals surface area contributed by atoms with Gasteiger partial charge in [0.05, 0.1) is 18.1 Å². The lowest BCUT2D eigenvalue weighted by molar-refractivity contribution is -0.148. The number of nitrogens with zero attached hydrogens (tertiary/aromatic N) is 1. The van der Waals surface area contributed by atoms with Gasteiger partial charge in [0, 0.05) is 19.6 Å². The predicted molar refractivity (Wildman–Crippen MR) is 104 cm³/mol. The highest BCUT2D eigenvalue weighted by Crippen LogP contribution is 2.27. The summed E-state index contributed by atoms with van der Waals surface area (Å²) in [5, 5.41) is 11.9. The number of carbonyl (C=O) groups excluding carboxylic acids is 1. The summed E-state index contributed by atoms with van der Waals surface area (Å²) in [7, 11) is 0. The number of carbonyl (C=O) groups is 2. The molecule has 0 aromatic heterocycles. The highest BCUT2D eigenvalue weighted by Gasteiger charge is 2.31. The fraction of sp³-hybridized carbons (Fsp3) is 0.400. The number of esters is 1. The molecule has 1 aliphatic heterocycles. The Morgan fingerprint density at radius 3 is 2.36 bits per heavy atom. The van der Waals surface area contributed by atoms with Crippen LogP contribution in [0.25, 0.3) is 0 Å². The van der Waals surface area contributed by atoms with Crippen LogP contribution in [0.15, 0.2) is 33.9 Å². The van der Waals surface area contributed by atoms with Gasteiger partial charge in [-0.15, -0.1) is 0 Å². The van der Waals surface area contributed by atoms with Crippen LogP contribution in [0.3, 0.4) is 0 Å². The summed E-state index contributed by atoms with van der Waals surface area (Å²) in [4.78, 5) is 48.6. The van der Waals surface area contributed by atoms with Crippen LogP contribution in [-0.4, -0.2) is 36.7 Å². The Morgan fingerprint density at radius 2 is 1.79 bits per heavy atom. The molecule has 2 N–H and O–H groups in total. The lowest BCUT2D eigenvalue weighted by Gasteiger charge is -2.34. The van der Waals surface area contributed by atoms with Crippen LogP contribution in [0, 0.1) is 5.92 Å². The molecule has 148 valence electrons. The van der Waals surface area contributed by atoms with Crippen LogP contribution in [0.4, 0.5) is 11.4 Å². The lowest BCUT2D eigenvalue weighted by atomic mass is 9.96. The van der Waals surface area contributed by atoms with Crippen molar-refractivity contribution < 1.29 is 19.4 Å². The molecule has 8 heteroatoms. The van der Waals surface area contributed by atoms with Crippen molar-refractivity contribution >= 4 is 23.3 Å². The second-order valence-electron chi connectivity index (χ2n) is 6.75. The third-order valence-electron chi connectivity index (χ3n) is 4.99. The van der Waals surface area contributed by atoms with Crippen LogP contribution in [0.2, 0.25) is 0 Å². The molecule has 0 atom stereocenters. The van der Waals surface area contributed by atoms with Crippen LogP contribution in [-0.2, 0) is 16.1 Å². The maximum atomic E-state index is 12.1. The summed E-state index contributed by atoms with van der Waals surface area (Å²) in [6.45, 7) is 3.44. The maximum Gasteiger partial charge on any atom is 0.335 e. The molecule has 28 heavy (non-hydrogen) atoms. The third-order valence-corrected chi connectivity index (χ3v) is 4.99. The van der Waals surface area contributed by atoms with E-state index in [0.29, 0.717) is 44.8 Å². The van der Waals surface area contributed by atoms with Gasteiger partial charge in [-0.2, -0.15) is 0 Å². The van der Waals surface area contributed by atoms with E-state index in [2.05, 4.69) is 5.32 Å². The van der Waals surface area contributed by atoms with E-state index in [0.717, 1.165) is 5.56 Å². The van der Waals surface area contributed by atoms with Gasteiger partial charge in [0.1, 0.15) is 11.4 Å². The number of aromatic carboxylic acids is 1. The largest absolute Gasteiger partial charge is 0.478 e. The van der Waals surface area contributed by atoms with Gasteiger partial charge in [0.25, 0.3) is 10.9 Å². The van der Waals surface area contributed by atoms with Crippen LogP contribution in [0.5, 0.6) is 0 Å². The van der Waals surface area contributed by atoms with E-state index in [9.17, 15) is 19.2 Å². The van der Waals surface area contributed by atoms with Gasteiger partial charge in [-0.05, 0) is 37.5 Å². The zero-order valence-corrected chi connectivity index (χ0v) is 15.6. The molecule has 0 aliphatic carbocycles. The van der Waals surface area contributed by atoms with Crippen LogP contribution >= 0.6 is 0 Å². The number of carboxylic acids is 1. The van der Waals surface area contributed by atoms with E-state index in [1.165, 1.54) is 12.1 Å². The first kappa shape index (κ1) is 19.6. The quantitative estimate of drug-likeness (QED) is 0.542. The van der Waals surface area contributed by atoms with Crippen molar-refractivity contribution in [3.8, 4) is 0 Å². The normalized spacial score (nSPS) is 14.8. The third kappa shape index (κ3) is 3.90. The number of hydrogen-bond donors (Lipinski definition) is 2. The molecule has 2 aromatic rings. The average molecular weight is 386 g/mol. The van der Waals surface area contributed by atoms with Crippen molar-refractivity contribution in [3.63, 3.8) is 0 Å². The van der Waals surface area contributed by atoms with Crippen LogP contribution in [0.1, 0.15) is 35.7 Å². The van der Waals surface area contributed by atoms with Gasteiger partial charge in [0.15, 0.2) is 0 Å². The molecule has 1 fully saturated rings. The van der Waals surface area contributed by atoms with E-state index in [4.69, 9.17) is 9.84 Å². The van der Waals surface area contributed by atoms with Gasteiger partial charge in [-0.1, -0.05) is 12.1 Å². The summed E-state index contributed by atoms with van der Waals surface area (Å²) in [5.74, 6) is -1.39. The molecule has 1 saturated heterocycles. The Bertz CT molecular complexity index is 935. The molecule has 1 aliphatic rings. The minimum Gasteiger partial charge on any atom is -0.478 e. The first-order chi connectivity index (χ1) is 13.4. The molecule has 1 heterocycles. The summed E-state index contributed by atoms with van der Waals surface area (Å²) in [6.07, 6.45) is 1.15. The molecule has 3 rings (SSSR count). The predicted octanol–water partition coefficient (Wildman–Crippen LogP) is 1.37. The van der Waals surface area contributed by atoms with Gasteiger partial charge in [0.2, 0.25) is 0 Å². The SMILES string of the molecule is CCOC(=O)C1CCN(c2c(NCc3ccc(C(=O)O)cc3)c(=O)c2=O)CC1. The number of anilines is 2. The lowest BCUT2D eigenvalue weighted by Crippen LogP contribution is -2.46. The van der Waals surface area contributed by atoms with Gasteiger partial charge >= 0.3 is 11.9 Å². The number of nitrogens with one attached hydrogen (secondary N) is 1. The smallest absolute Gasteiger partial charge is 0.335 e. The number of hydrogen-bond acceptors (Lipinski definition) is 7. The van der Waals surface area contributed by atoms with Crippen LogP contribution < -0.4 is 21.1 Å². The highest BCUT2D eigenvalue weighted by atomic mass is 16.5. The Balaban J connectivity index is 1.63. The minimum atomic E-state index is -1.00. The second-order valence-corrected chi connectivity index (χ2v) is 6.75. The Labute approximate surface area is 161 Å². The number of carboxylic acid groups (broad SMARTS) is 1. The van der Waals surface area contributed by atoms with Crippen molar-refractivity contribution in [2.75, 3.05) is 29.9 Å². The molecule has 0 unspecified atom stereocenters. The average Bonchev–Trinajstić information content (AvgIpc) is 2.71. The Hall–Kier alpha value is -3.16. The molecule has 0 radical (unpaired) electrons. The minimum absolute atomic E-state index is 0.174. The molecular weight excluding hydrogens is 364 g/mol. The highest BCUT2D eigenvalue weighted by molar-refractivity contribution is 5.87. The zero-order chi connectivity index (χ0) is 20.3. The number of benzene rings is 1. The van der Waals surface area contributed by atoms with E-state index < -0.39 is 16.8 Å². The first-order valence-electron chi connectivity index (χ1n) is 9.23. The topological polar surface area (TPSA) is 113 Å². The molecule has 8 nitrogen and oxygen atoms in total. The molecule has 0 amide bonds. The van der Waals surface area contributed by atoms with Crippen molar-refractivity contribution in [2.45, 2.75) is 26.3 Å². The van der Waals surface area contributed by atoms with E-state index in [-0.39, 0.29) is 23.1 Å². The van der Waals surface area contributed by atoms with Gasteiger partial charge in [-0.3, -0.25) is 14.4 Å². The fourth-order valence-electron chi connectivity index (χ4n) is 3.40. The number of rotatable bonds is 7. The molecular formula is C20H22N2O6. The van der Waals surface area contributed by atoms with Crippen molar-refractivity contribution in [2.24, 2.45) is 5.92 Å². The fourth-order valence-corrected chi connectivity index (χ4v) is 3.40. The van der Waals surface area contributed by atoms with E-state index >= 15 is 0 Å². The first-order valence-corrected chi connectivity index (χ1v) is 9.23. The van der Waals surface area contributed by atoms with E-state index in [1.54, 1.807) is 19.1 Å². The molecule has 0 bridgehead atoms. The molecule has 2 aromatic carbocycles. The maximum absolute atomic E-state index is 12.1. The standard InChI is InChI=1S/C20H22N2O6/c1-2-28-20(27)14-7-9-22(10-8-14)16-15(17(23)18(16)24)21-11-12-3-5-13(6-4-12)19(25)26/h3-6,14,21H,2,7-11H2,1H3,(H,25,26). The summed E-state index contributed by atoms with van der Waals surface area (Å²) < 4.78 is 5.05. The van der Waals surface area contributed by atoms with Gasteiger partial charge in [-0.25, -0.2) is 4.79 Å². The molecule has 0 spiro atoms. The van der Waals surface area contributed by atoms with Crippen molar-refractivity contribution in [1.82, 2.24) is 0 Å². The molecule has 0 saturated carbocycles. The number of piperidine rings is 1. The van der Waals surface area contributed by atoms with Crippen molar-refractivity contribution in [3.05, 3.63) is 55.8 Å².